The van der Waals surface area contributed by atoms with Crippen molar-refractivity contribution < 1.29 is 15.0 Å². The number of carbonyl (C=O) groups excluding carboxylic acids is 1. The Morgan fingerprint density at radius 2 is 2.00 bits per heavy atom. The lowest BCUT2D eigenvalue weighted by atomic mass is 9.93. The highest BCUT2D eigenvalue weighted by atomic mass is 16.3. The quantitative estimate of drug-likeness (QED) is 0.716. The molecule has 2 fully saturated rings. The number of amides is 1. The van der Waals surface area contributed by atoms with E-state index in [1.807, 2.05) is 4.90 Å². The SMILES string of the molecule is O=C1CCCN1CCC1CCN(C[C@@H](O)CO)CC1. The number of aliphatic hydroxyl groups is 2. The van der Waals surface area contributed by atoms with Gasteiger partial charge >= 0.3 is 0 Å². The molecule has 0 bridgehead atoms. The maximum absolute atomic E-state index is 11.5. The van der Waals surface area contributed by atoms with Crippen LogP contribution in [-0.4, -0.2) is 71.4 Å². The predicted octanol–water partition coefficient (Wildman–Crippen LogP) is 0.0641. The summed E-state index contributed by atoms with van der Waals surface area (Å²) in [6.45, 7) is 4.28. The van der Waals surface area contributed by atoms with E-state index in [-0.39, 0.29) is 6.61 Å². The monoisotopic (exact) mass is 270 g/mol. The molecule has 0 unspecified atom stereocenters. The fraction of sp³-hybridized carbons (Fsp3) is 0.929. The van der Waals surface area contributed by atoms with Crippen LogP contribution < -0.4 is 0 Å². The Hall–Kier alpha value is -0.650. The van der Waals surface area contributed by atoms with Crippen LogP contribution in [0.1, 0.15) is 32.1 Å². The summed E-state index contributed by atoms with van der Waals surface area (Å²) in [5.74, 6) is 1.03. The molecule has 0 aromatic rings. The first-order valence-electron chi connectivity index (χ1n) is 7.48. The van der Waals surface area contributed by atoms with Crippen molar-refractivity contribution in [2.45, 2.75) is 38.2 Å². The zero-order valence-electron chi connectivity index (χ0n) is 11.6. The molecule has 5 heteroatoms. The number of hydrogen-bond donors (Lipinski definition) is 2. The molecular weight excluding hydrogens is 244 g/mol. The van der Waals surface area contributed by atoms with Crippen LogP contribution in [0.15, 0.2) is 0 Å². The fourth-order valence-corrected chi connectivity index (χ4v) is 3.09. The third-order valence-electron chi connectivity index (χ3n) is 4.37. The minimum Gasteiger partial charge on any atom is -0.394 e. The average molecular weight is 270 g/mol. The van der Waals surface area contributed by atoms with Crippen LogP contribution in [0.25, 0.3) is 0 Å². The van der Waals surface area contributed by atoms with Gasteiger partial charge in [0, 0.05) is 26.1 Å². The van der Waals surface area contributed by atoms with E-state index in [2.05, 4.69) is 4.90 Å². The number of aliphatic hydroxyl groups excluding tert-OH is 2. The van der Waals surface area contributed by atoms with Crippen LogP contribution in [0.5, 0.6) is 0 Å². The summed E-state index contributed by atoms with van der Waals surface area (Å²) < 4.78 is 0. The molecule has 0 spiro atoms. The van der Waals surface area contributed by atoms with E-state index in [9.17, 15) is 9.90 Å². The van der Waals surface area contributed by atoms with Gasteiger partial charge in [0.2, 0.25) is 5.91 Å². The van der Waals surface area contributed by atoms with Gasteiger partial charge in [-0.3, -0.25) is 4.79 Å². The van der Waals surface area contributed by atoms with Gasteiger partial charge in [0.15, 0.2) is 0 Å². The molecule has 0 radical (unpaired) electrons. The first-order valence-corrected chi connectivity index (χ1v) is 7.48. The number of carbonyl (C=O) groups is 1. The van der Waals surface area contributed by atoms with E-state index in [1.54, 1.807) is 0 Å². The van der Waals surface area contributed by atoms with Crippen LogP contribution in [0.2, 0.25) is 0 Å². The van der Waals surface area contributed by atoms with Crippen molar-refractivity contribution in [1.82, 2.24) is 9.80 Å². The highest BCUT2D eigenvalue weighted by Gasteiger charge is 2.24. The fourth-order valence-electron chi connectivity index (χ4n) is 3.09. The van der Waals surface area contributed by atoms with Gasteiger partial charge in [-0.25, -0.2) is 0 Å². The normalized spacial score (nSPS) is 24.1. The second kappa shape index (κ2) is 7.22. The summed E-state index contributed by atoms with van der Waals surface area (Å²) >= 11 is 0. The Balaban J connectivity index is 1.62. The van der Waals surface area contributed by atoms with Gasteiger partial charge in [0.05, 0.1) is 12.7 Å². The first-order chi connectivity index (χ1) is 9.19. The van der Waals surface area contributed by atoms with Crippen molar-refractivity contribution in [3.05, 3.63) is 0 Å². The average Bonchev–Trinajstić information content (AvgIpc) is 2.83. The van der Waals surface area contributed by atoms with Crippen molar-refractivity contribution in [3.8, 4) is 0 Å². The zero-order chi connectivity index (χ0) is 13.7. The van der Waals surface area contributed by atoms with E-state index in [4.69, 9.17) is 5.11 Å². The van der Waals surface area contributed by atoms with E-state index >= 15 is 0 Å². The lowest BCUT2D eigenvalue weighted by molar-refractivity contribution is -0.127. The van der Waals surface area contributed by atoms with Crippen molar-refractivity contribution in [2.24, 2.45) is 5.92 Å². The predicted molar refractivity (Wildman–Crippen MR) is 72.7 cm³/mol. The van der Waals surface area contributed by atoms with E-state index in [0.717, 1.165) is 58.3 Å². The summed E-state index contributed by atoms with van der Waals surface area (Å²) in [4.78, 5) is 15.7. The Bertz CT molecular complexity index is 290. The number of rotatable bonds is 6. The number of hydrogen-bond acceptors (Lipinski definition) is 4. The third kappa shape index (κ3) is 4.44. The summed E-state index contributed by atoms with van der Waals surface area (Å²) in [6, 6.07) is 0. The summed E-state index contributed by atoms with van der Waals surface area (Å²) in [7, 11) is 0. The van der Waals surface area contributed by atoms with Crippen LogP contribution in [0, 0.1) is 5.92 Å². The molecule has 5 nitrogen and oxygen atoms in total. The lowest BCUT2D eigenvalue weighted by Gasteiger charge is -2.33. The third-order valence-corrected chi connectivity index (χ3v) is 4.37. The van der Waals surface area contributed by atoms with E-state index in [0.29, 0.717) is 18.4 Å². The zero-order valence-corrected chi connectivity index (χ0v) is 11.6. The maximum atomic E-state index is 11.5. The minimum atomic E-state index is -0.612. The Morgan fingerprint density at radius 3 is 2.58 bits per heavy atom. The van der Waals surface area contributed by atoms with Crippen molar-refractivity contribution in [2.75, 3.05) is 39.3 Å². The second-order valence-electron chi connectivity index (χ2n) is 5.85. The molecule has 2 heterocycles. The molecule has 19 heavy (non-hydrogen) atoms. The molecule has 1 amide bonds. The number of piperidine rings is 1. The van der Waals surface area contributed by atoms with E-state index in [1.165, 1.54) is 0 Å². The van der Waals surface area contributed by atoms with Gasteiger partial charge in [0.25, 0.3) is 0 Å². The Kier molecular flexibility index (Phi) is 5.60. The highest BCUT2D eigenvalue weighted by Crippen LogP contribution is 2.22. The van der Waals surface area contributed by atoms with Crippen LogP contribution in [0.3, 0.4) is 0 Å². The Labute approximate surface area is 115 Å². The summed E-state index contributed by atoms with van der Waals surface area (Å²) in [5, 5.41) is 18.2. The first kappa shape index (κ1) is 14.8. The molecule has 2 aliphatic heterocycles. The van der Waals surface area contributed by atoms with Gasteiger partial charge in [-0.1, -0.05) is 0 Å². The molecule has 0 aromatic carbocycles. The van der Waals surface area contributed by atoms with Crippen molar-refractivity contribution >= 4 is 5.91 Å². The molecule has 1 atom stereocenters. The van der Waals surface area contributed by atoms with Gasteiger partial charge in [-0.2, -0.15) is 0 Å². The smallest absolute Gasteiger partial charge is 0.222 e. The standard InChI is InChI=1S/C14H26N2O3/c17-11-13(18)10-15-7-3-12(4-8-15)5-9-16-6-1-2-14(16)19/h12-13,17-18H,1-11H2/t13-/m1/s1. The molecule has 2 N–H and O–H groups in total. The molecule has 2 rings (SSSR count). The largest absolute Gasteiger partial charge is 0.394 e. The van der Waals surface area contributed by atoms with Gasteiger partial charge in [0.1, 0.15) is 0 Å². The molecule has 0 aliphatic carbocycles. The van der Waals surface area contributed by atoms with Crippen LogP contribution in [0.4, 0.5) is 0 Å². The van der Waals surface area contributed by atoms with Crippen molar-refractivity contribution in [3.63, 3.8) is 0 Å². The second-order valence-corrected chi connectivity index (χ2v) is 5.85. The van der Waals surface area contributed by atoms with Crippen LogP contribution >= 0.6 is 0 Å². The van der Waals surface area contributed by atoms with Crippen LogP contribution in [-0.2, 0) is 4.79 Å². The number of likely N-dealkylation sites (tertiary alicyclic amines) is 2. The summed E-state index contributed by atoms with van der Waals surface area (Å²) in [6.07, 6.45) is 4.54. The summed E-state index contributed by atoms with van der Waals surface area (Å²) in [5.41, 5.74) is 0. The molecule has 0 aromatic heterocycles. The molecule has 2 saturated heterocycles. The maximum Gasteiger partial charge on any atom is 0.222 e. The van der Waals surface area contributed by atoms with Gasteiger partial charge < -0.3 is 20.0 Å². The number of nitrogens with zero attached hydrogens (tertiary/aromatic N) is 2. The molecular formula is C14H26N2O3. The van der Waals surface area contributed by atoms with Gasteiger partial charge in [-0.15, -0.1) is 0 Å². The highest BCUT2D eigenvalue weighted by molar-refractivity contribution is 5.77. The molecule has 110 valence electrons. The minimum absolute atomic E-state index is 0.156. The van der Waals surface area contributed by atoms with Gasteiger partial charge in [-0.05, 0) is 44.7 Å². The topological polar surface area (TPSA) is 64.0 Å². The molecule has 0 saturated carbocycles. The molecule has 2 aliphatic rings. The van der Waals surface area contributed by atoms with Crippen molar-refractivity contribution in [1.29, 1.82) is 0 Å². The number of β-amino-alcohol motifs (C(OH)–C–C–N with tert-alkyl or cyclic N) is 1. The van der Waals surface area contributed by atoms with E-state index < -0.39 is 6.10 Å². The lowest BCUT2D eigenvalue weighted by Crippen LogP contribution is -2.40. The Morgan fingerprint density at radius 1 is 1.26 bits per heavy atom.